The molecule has 0 aliphatic rings. The van der Waals surface area contributed by atoms with E-state index in [-0.39, 0.29) is 29.6 Å². The van der Waals surface area contributed by atoms with E-state index in [4.69, 9.17) is 10.2 Å². The van der Waals surface area contributed by atoms with Gasteiger partial charge in [-0.05, 0) is 0 Å². The zero-order chi connectivity index (χ0) is 3.58. The molecule has 3 N–H and O–H groups in total. The van der Waals surface area contributed by atoms with Crippen molar-refractivity contribution in [3.8, 4) is 0 Å². The number of rotatable bonds is 0. The maximum absolute atomic E-state index is 7.35. The molecule has 0 fully saturated rings. The van der Waals surface area contributed by atoms with Gasteiger partial charge < -0.3 is 0 Å². The molecule has 0 aromatic carbocycles. The van der Waals surface area contributed by atoms with E-state index >= 15 is 0 Å². The van der Waals surface area contributed by atoms with Crippen LogP contribution >= 0.6 is 0 Å². The quantitative estimate of drug-likeness (QED) is 0.377. The molecule has 0 aliphatic heterocycles. The van der Waals surface area contributed by atoms with Gasteiger partial charge in [-0.1, -0.05) is 0 Å². The van der Waals surface area contributed by atoms with Crippen molar-refractivity contribution in [2.45, 2.75) is 0 Å². The Morgan fingerprint density at radius 2 is 1.00 bits per heavy atom. The van der Waals surface area contributed by atoms with Crippen molar-refractivity contribution in [3.05, 3.63) is 0 Å². The fourth-order valence-electron chi connectivity index (χ4n) is 0. The minimum absolute atomic E-state index is 0. The molecule has 0 aliphatic carbocycles. The molecule has 0 heterocycles. The summed E-state index contributed by atoms with van der Waals surface area (Å²) < 4.78 is 22.0. The molecule has 0 spiro atoms. The Morgan fingerprint density at radius 3 is 1.00 bits per heavy atom. The third-order valence-electron chi connectivity index (χ3n) is 0. The van der Waals surface area contributed by atoms with Crippen molar-refractivity contribution in [1.82, 2.24) is 0 Å². The van der Waals surface area contributed by atoms with Crippen LogP contribution in [-0.2, 0) is 0 Å². The van der Waals surface area contributed by atoms with E-state index in [1.54, 1.807) is 0 Å². The van der Waals surface area contributed by atoms with E-state index in [1.807, 2.05) is 0 Å². The van der Waals surface area contributed by atoms with Crippen molar-refractivity contribution >= 4 is 51.0 Å². The van der Waals surface area contributed by atoms with E-state index in [0.717, 1.165) is 0 Å². The molecular formula is H3NaO3Sb. The zero-order valence-corrected chi connectivity index (χ0v) is 7.34. The Bertz CT molecular complexity index is 11.6. The van der Waals surface area contributed by atoms with Crippen molar-refractivity contribution in [2.75, 3.05) is 0 Å². The summed E-state index contributed by atoms with van der Waals surface area (Å²) in [6.45, 7) is 0. The molecular weight excluding hydrogens is 193 g/mol. The van der Waals surface area contributed by atoms with Crippen molar-refractivity contribution in [1.29, 1.82) is 0 Å². The monoisotopic (exact) mass is 195 g/mol. The topological polar surface area (TPSA) is 60.7 Å². The molecule has 0 saturated heterocycles. The molecule has 0 aromatic rings. The van der Waals surface area contributed by atoms with E-state index in [0.29, 0.717) is 0 Å². The van der Waals surface area contributed by atoms with Crippen molar-refractivity contribution in [3.63, 3.8) is 0 Å². The SMILES string of the molecule is [Na].[OH][Sb]([OH])[OH]. The van der Waals surface area contributed by atoms with Gasteiger partial charge in [-0.25, -0.2) is 0 Å². The van der Waals surface area contributed by atoms with Gasteiger partial charge in [-0.15, -0.1) is 0 Å². The Hall–Kier alpha value is 1.70. The second-order valence-corrected chi connectivity index (χ2v) is 1.80. The average molecular weight is 196 g/mol. The summed E-state index contributed by atoms with van der Waals surface area (Å²) in [4.78, 5) is 0. The third kappa shape index (κ3) is 27.0. The molecule has 0 atom stereocenters. The normalized spacial score (nSPS) is 7.20. The zero-order valence-electron chi connectivity index (χ0n) is 2.79. The number of hydrogen-bond donors (Lipinski definition) is 3. The van der Waals surface area contributed by atoms with E-state index < -0.39 is 21.5 Å². The summed E-state index contributed by atoms with van der Waals surface area (Å²) in [7, 11) is 0. The van der Waals surface area contributed by atoms with Gasteiger partial charge in [-0.3, -0.25) is 0 Å². The molecule has 1 radical (unpaired) electrons. The first-order valence-electron chi connectivity index (χ1n) is 0.600. The van der Waals surface area contributed by atoms with Gasteiger partial charge in [0.25, 0.3) is 0 Å². The molecule has 0 amide bonds. The molecule has 0 unspecified atom stereocenters. The van der Waals surface area contributed by atoms with Crippen LogP contribution in [0.4, 0.5) is 0 Å². The van der Waals surface area contributed by atoms with E-state index in [1.165, 1.54) is 0 Å². The second-order valence-electron chi connectivity index (χ2n) is 0.268. The third-order valence-corrected chi connectivity index (χ3v) is 0. The van der Waals surface area contributed by atoms with Gasteiger partial charge in [0.1, 0.15) is 0 Å². The summed E-state index contributed by atoms with van der Waals surface area (Å²) >= 11 is -3.45. The van der Waals surface area contributed by atoms with Crippen LogP contribution in [0.1, 0.15) is 0 Å². The van der Waals surface area contributed by atoms with Crippen LogP contribution in [0.5, 0.6) is 0 Å². The Morgan fingerprint density at radius 1 is 1.00 bits per heavy atom. The molecule has 27 valence electrons. The van der Waals surface area contributed by atoms with Gasteiger partial charge in [0, 0.05) is 29.6 Å². The first kappa shape index (κ1) is 9.85. The first-order chi connectivity index (χ1) is 1.73. The van der Waals surface area contributed by atoms with Crippen LogP contribution in [0, 0.1) is 0 Å². The first-order valence-corrected chi connectivity index (χ1v) is 4.02. The standard InChI is InChI=1S/Na.3H2O.Sb/h;3*1H2;/q;;;;+3/p-3. The molecule has 5 heavy (non-hydrogen) atoms. The molecule has 3 nitrogen and oxygen atoms in total. The van der Waals surface area contributed by atoms with Gasteiger partial charge in [0.15, 0.2) is 0 Å². The van der Waals surface area contributed by atoms with Crippen molar-refractivity contribution < 1.29 is 10.2 Å². The van der Waals surface area contributed by atoms with E-state index in [9.17, 15) is 0 Å². The summed E-state index contributed by atoms with van der Waals surface area (Å²) in [5, 5.41) is 0. The van der Waals surface area contributed by atoms with Crippen LogP contribution in [0.3, 0.4) is 0 Å². The fourth-order valence-corrected chi connectivity index (χ4v) is 0. The molecule has 5 heteroatoms. The summed E-state index contributed by atoms with van der Waals surface area (Å²) in [5.74, 6) is 0. The Balaban J connectivity index is 0. The van der Waals surface area contributed by atoms with Gasteiger partial charge in [0.2, 0.25) is 0 Å². The summed E-state index contributed by atoms with van der Waals surface area (Å²) in [6, 6.07) is 0. The molecule has 0 saturated carbocycles. The van der Waals surface area contributed by atoms with Crippen LogP contribution in [0.2, 0.25) is 0 Å². The van der Waals surface area contributed by atoms with Crippen LogP contribution in [0.15, 0.2) is 0 Å². The summed E-state index contributed by atoms with van der Waals surface area (Å²) in [5.41, 5.74) is 0. The van der Waals surface area contributed by atoms with Gasteiger partial charge in [-0.2, -0.15) is 0 Å². The number of hydrogen-bond acceptors (Lipinski definition) is 3. The van der Waals surface area contributed by atoms with E-state index in [2.05, 4.69) is 0 Å². The molecule has 0 aromatic heterocycles. The van der Waals surface area contributed by atoms with Crippen LogP contribution < -0.4 is 0 Å². The fraction of sp³-hybridized carbons (Fsp3) is 0. The maximum atomic E-state index is 7.35. The van der Waals surface area contributed by atoms with Gasteiger partial charge >= 0.3 is 31.6 Å². The summed E-state index contributed by atoms with van der Waals surface area (Å²) in [6.07, 6.45) is 0. The Kier molecular flexibility index (Phi) is 11.2. The molecule has 0 rings (SSSR count). The predicted molar refractivity (Wildman–Crippen MR) is 18.2 cm³/mol. The molecule has 0 bridgehead atoms. The van der Waals surface area contributed by atoms with Gasteiger partial charge in [0.05, 0.1) is 0 Å². The van der Waals surface area contributed by atoms with Crippen molar-refractivity contribution in [2.24, 2.45) is 0 Å². The minimum atomic E-state index is -3.45. The second kappa shape index (κ2) is 5.70. The van der Waals surface area contributed by atoms with Crippen LogP contribution in [0.25, 0.3) is 0 Å². The average Bonchev–Trinajstić information content (AvgIpc) is 0.811. The van der Waals surface area contributed by atoms with Crippen LogP contribution in [-0.4, -0.2) is 61.2 Å². The predicted octanol–water partition coefficient (Wildman–Crippen LogP) is -2.43. The Labute approximate surface area is 60.6 Å².